The lowest BCUT2D eigenvalue weighted by molar-refractivity contribution is -0.141. The number of aromatic nitrogens is 2. The van der Waals surface area contributed by atoms with Crippen LogP contribution in [0.3, 0.4) is 0 Å². The van der Waals surface area contributed by atoms with Gasteiger partial charge in [-0.05, 0) is 31.2 Å². The van der Waals surface area contributed by atoms with Gasteiger partial charge in [-0.2, -0.15) is 5.10 Å². The number of carbonyl (C=O) groups excluding carboxylic acids is 2. The average molecular weight is 442 g/mol. The first-order valence-corrected chi connectivity index (χ1v) is 11.7. The van der Waals surface area contributed by atoms with Gasteiger partial charge in [0.25, 0.3) is 0 Å². The van der Waals surface area contributed by atoms with Crippen molar-refractivity contribution < 1.29 is 14.3 Å². The molecule has 4 atom stereocenters. The summed E-state index contributed by atoms with van der Waals surface area (Å²) in [5, 5.41) is 4.28. The van der Waals surface area contributed by atoms with E-state index in [1.165, 1.54) is 12.0 Å². The summed E-state index contributed by atoms with van der Waals surface area (Å²) in [5.41, 5.74) is 3.26. The minimum atomic E-state index is -0.562. The second-order valence-corrected chi connectivity index (χ2v) is 9.68. The summed E-state index contributed by atoms with van der Waals surface area (Å²) in [6, 6.07) is 7.29. The van der Waals surface area contributed by atoms with Crippen LogP contribution in [-0.2, 0) is 14.3 Å². The van der Waals surface area contributed by atoms with E-state index < -0.39 is 18.2 Å². The molecule has 1 aromatic heterocycles. The summed E-state index contributed by atoms with van der Waals surface area (Å²) in [6.45, 7) is 2.45. The maximum atomic E-state index is 13.9. The standard InChI is InChI=1S/C24H28ClN3O3/c1-15-6-5-9-17(10-15)18-11-26-28(12-18)21(16-7-3-2-4-8-16)24(30)27-13-19(25)23-22(27)20(29)14-31-23/h5-6,9-12,16,19,21-23H,2-4,7-8,13-14H2,1H3/t19-,21-,22+,23+/m0/s1. The third-order valence-corrected chi connectivity index (χ3v) is 7.38. The topological polar surface area (TPSA) is 64.4 Å². The highest BCUT2D eigenvalue weighted by Gasteiger charge is 2.53. The zero-order chi connectivity index (χ0) is 21.5. The first-order valence-electron chi connectivity index (χ1n) is 11.2. The zero-order valence-corrected chi connectivity index (χ0v) is 18.5. The number of ketones is 1. The minimum Gasteiger partial charge on any atom is -0.366 e. The van der Waals surface area contributed by atoms with Gasteiger partial charge in [0.1, 0.15) is 24.8 Å². The van der Waals surface area contributed by atoms with Crippen LogP contribution in [0.25, 0.3) is 11.1 Å². The van der Waals surface area contributed by atoms with Gasteiger partial charge in [-0.25, -0.2) is 0 Å². The number of carbonyl (C=O) groups is 2. The molecule has 164 valence electrons. The van der Waals surface area contributed by atoms with E-state index in [4.69, 9.17) is 16.3 Å². The molecule has 0 N–H and O–H groups in total. The van der Waals surface area contributed by atoms with Gasteiger partial charge in [-0.15, -0.1) is 11.6 Å². The molecule has 5 rings (SSSR count). The van der Waals surface area contributed by atoms with Gasteiger partial charge >= 0.3 is 0 Å². The highest BCUT2D eigenvalue weighted by atomic mass is 35.5. The van der Waals surface area contributed by atoms with Crippen LogP contribution < -0.4 is 0 Å². The molecule has 0 bridgehead atoms. The van der Waals surface area contributed by atoms with Crippen LogP contribution >= 0.6 is 11.6 Å². The van der Waals surface area contributed by atoms with Crippen LogP contribution in [0.5, 0.6) is 0 Å². The van der Waals surface area contributed by atoms with E-state index in [1.807, 2.05) is 23.1 Å². The third-order valence-electron chi connectivity index (χ3n) is 6.99. The van der Waals surface area contributed by atoms with Gasteiger partial charge in [0.2, 0.25) is 5.91 Å². The number of aryl methyl sites for hydroxylation is 1. The largest absolute Gasteiger partial charge is 0.366 e. The molecule has 31 heavy (non-hydrogen) atoms. The second kappa shape index (κ2) is 8.40. The van der Waals surface area contributed by atoms with Gasteiger partial charge in [0, 0.05) is 18.3 Å². The number of fused-ring (bicyclic) bond motifs is 1. The molecular weight excluding hydrogens is 414 g/mol. The van der Waals surface area contributed by atoms with Crippen LogP contribution in [-0.4, -0.2) is 57.0 Å². The summed E-state index contributed by atoms with van der Waals surface area (Å²) in [5.74, 6) is 0.101. The van der Waals surface area contributed by atoms with Crippen molar-refractivity contribution in [1.82, 2.24) is 14.7 Å². The van der Waals surface area contributed by atoms with Crippen LogP contribution in [0, 0.1) is 12.8 Å². The molecule has 1 saturated carbocycles. The first-order chi connectivity index (χ1) is 15.0. The number of hydrogen-bond donors (Lipinski definition) is 0. The quantitative estimate of drug-likeness (QED) is 0.677. The van der Waals surface area contributed by atoms with E-state index in [9.17, 15) is 9.59 Å². The molecular formula is C24H28ClN3O3. The lowest BCUT2D eigenvalue weighted by Crippen LogP contribution is -2.47. The average Bonchev–Trinajstić information content (AvgIpc) is 3.48. The van der Waals surface area contributed by atoms with Crippen LogP contribution in [0.2, 0.25) is 0 Å². The Morgan fingerprint density at radius 1 is 1.23 bits per heavy atom. The molecule has 2 aromatic rings. The van der Waals surface area contributed by atoms with Crippen LogP contribution in [0.4, 0.5) is 0 Å². The lowest BCUT2D eigenvalue weighted by atomic mass is 9.83. The van der Waals surface area contributed by atoms with Crippen molar-refractivity contribution in [2.75, 3.05) is 13.2 Å². The molecule has 2 aliphatic heterocycles. The molecule has 0 spiro atoms. The second-order valence-electron chi connectivity index (χ2n) is 9.11. The Labute approximate surface area is 187 Å². The molecule has 7 heteroatoms. The van der Waals surface area contributed by atoms with Gasteiger partial charge in [0.15, 0.2) is 5.78 Å². The van der Waals surface area contributed by atoms with E-state index in [0.717, 1.165) is 36.8 Å². The van der Waals surface area contributed by atoms with E-state index >= 15 is 0 Å². The summed E-state index contributed by atoms with van der Waals surface area (Å²) in [4.78, 5) is 28.0. The maximum Gasteiger partial charge on any atom is 0.248 e. The monoisotopic (exact) mass is 441 g/mol. The van der Waals surface area contributed by atoms with E-state index in [-0.39, 0.29) is 29.6 Å². The molecule has 2 saturated heterocycles. The fraction of sp³-hybridized carbons (Fsp3) is 0.542. The molecule has 0 unspecified atom stereocenters. The number of halogens is 1. The van der Waals surface area contributed by atoms with Gasteiger partial charge in [0.05, 0.1) is 11.6 Å². The van der Waals surface area contributed by atoms with Crippen molar-refractivity contribution in [1.29, 1.82) is 0 Å². The highest BCUT2D eigenvalue weighted by molar-refractivity contribution is 6.22. The fourth-order valence-corrected chi connectivity index (χ4v) is 5.80. The van der Waals surface area contributed by atoms with E-state index in [1.54, 1.807) is 4.90 Å². The molecule has 1 amide bonds. The summed E-state index contributed by atoms with van der Waals surface area (Å²) in [6.07, 6.45) is 8.84. The molecule has 0 radical (unpaired) electrons. The molecule has 3 aliphatic rings. The lowest BCUT2D eigenvalue weighted by Gasteiger charge is -2.33. The number of Topliss-reactive ketones (excluding diaryl/α,β-unsaturated/α-hetero) is 1. The summed E-state index contributed by atoms with van der Waals surface area (Å²) in [7, 11) is 0. The maximum absolute atomic E-state index is 13.9. The predicted octanol–water partition coefficient (Wildman–Crippen LogP) is 3.77. The summed E-state index contributed by atoms with van der Waals surface area (Å²) >= 11 is 6.46. The number of rotatable bonds is 4. The van der Waals surface area contributed by atoms with Crippen molar-refractivity contribution in [3.8, 4) is 11.1 Å². The Morgan fingerprint density at radius 3 is 2.81 bits per heavy atom. The van der Waals surface area contributed by atoms with Crippen molar-refractivity contribution in [3.63, 3.8) is 0 Å². The Balaban J connectivity index is 1.48. The number of likely N-dealkylation sites (tertiary alicyclic amines) is 1. The van der Waals surface area contributed by atoms with Gasteiger partial charge in [-0.1, -0.05) is 49.1 Å². The SMILES string of the molecule is Cc1cccc(-c2cnn([C@H](C(=O)N3C[C@H](Cl)[C@H]4OCC(=O)[C@H]43)C3CCCCC3)c2)c1. The highest BCUT2D eigenvalue weighted by Crippen LogP contribution is 2.38. The van der Waals surface area contributed by atoms with Crippen molar-refractivity contribution in [3.05, 3.63) is 42.2 Å². The number of amides is 1. The third kappa shape index (κ3) is 3.80. The number of ether oxygens (including phenoxy) is 1. The number of nitrogens with zero attached hydrogens (tertiary/aromatic N) is 3. The summed E-state index contributed by atoms with van der Waals surface area (Å²) < 4.78 is 7.41. The Kier molecular flexibility index (Phi) is 5.61. The number of benzene rings is 1. The molecule has 1 aromatic carbocycles. The van der Waals surface area contributed by atoms with E-state index in [2.05, 4.69) is 30.2 Å². The normalized spacial score (nSPS) is 27.5. The van der Waals surface area contributed by atoms with Crippen LogP contribution in [0.15, 0.2) is 36.7 Å². The smallest absolute Gasteiger partial charge is 0.248 e. The Hall–Kier alpha value is -2.18. The first kappa shape index (κ1) is 20.7. The van der Waals surface area contributed by atoms with Crippen LogP contribution in [0.1, 0.15) is 43.7 Å². The van der Waals surface area contributed by atoms with Crippen molar-refractivity contribution in [2.45, 2.75) is 62.6 Å². The number of hydrogen-bond acceptors (Lipinski definition) is 4. The zero-order valence-electron chi connectivity index (χ0n) is 17.7. The Morgan fingerprint density at radius 2 is 2.03 bits per heavy atom. The Bertz CT molecular complexity index is 984. The van der Waals surface area contributed by atoms with Crippen molar-refractivity contribution >= 4 is 23.3 Å². The fourth-order valence-electron chi connectivity index (χ4n) is 5.44. The minimum absolute atomic E-state index is 0.0374. The predicted molar refractivity (Wildman–Crippen MR) is 118 cm³/mol. The van der Waals surface area contributed by atoms with Gasteiger partial charge in [-0.3, -0.25) is 14.3 Å². The van der Waals surface area contributed by atoms with E-state index in [0.29, 0.717) is 6.54 Å². The molecule has 1 aliphatic carbocycles. The number of alkyl halides is 1. The molecule has 6 nitrogen and oxygen atoms in total. The molecule has 3 fully saturated rings. The van der Waals surface area contributed by atoms with Crippen molar-refractivity contribution in [2.24, 2.45) is 5.92 Å². The molecule has 3 heterocycles. The van der Waals surface area contributed by atoms with Gasteiger partial charge < -0.3 is 9.64 Å².